The van der Waals surface area contributed by atoms with E-state index < -0.39 is 80.6 Å². The minimum Gasteiger partial charge on any atom is -0.481 e. The highest BCUT2D eigenvalue weighted by atomic mass is 24.3. The lowest BCUT2D eigenvalue weighted by molar-refractivity contribution is -0.355. The Morgan fingerprint density at radius 2 is 1.05 bits per heavy atom. The van der Waals surface area contributed by atoms with Crippen LogP contribution in [0.4, 0.5) is 0 Å². The normalized spacial score (nSPS) is 31.9. The molecule has 14 heteroatoms. The molecule has 44 heavy (non-hydrogen) atoms. The second-order valence-electron chi connectivity index (χ2n) is 11.6. The Kier molecular flexibility index (Phi) is 25.7. The highest BCUT2D eigenvalue weighted by molar-refractivity contribution is 5.75. The highest BCUT2D eigenvalue weighted by Gasteiger charge is 2.50. The van der Waals surface area contributed by atoms with Crippen LogP contribution in [0.5, 0.6) is 0 Å². The molecule has 0 saturated carbocycles. The zero-order chi connectivity index (χ0) is 32.2. The van der Waals surface area contributed by atoms with Gasteiger partial charge < -0.3 is 60.2 Å². The van der Waals surface area contributed by atoms with E-state index >= 15 is 0 Å². The van der Waals surface area contributed by atoms with Gasteiger partial charge in [-0.1, -0.05) is 96.8 Å². The first-order chi connectivity index (χ1) is 20.6. The Bertz CT molecular complexity index is 702. The van der Waals surface area contributed by atoms with E-state index in [0.717, 1.165) is 12.8 Å². The number of carbonyl (C=O) groups is 1. The molecule has 258 valence electrons. The Morgan fingerprint density at radius 1 is 0.591 bits per heavy atom. The van der Waals surface area contributed by atoms with Gasteiger partial charge in [-0.3, -0.25) is 4.79 Å². The molecule has 10 atom stereocenters. The van der Waals surface area contributed by atoms with Crippen LogP contribution in [-0.2, 0) is 19.0 Å². The van der Waals surface area contributed by atoms with Crippen LogP contribution in [0.2, 0.25) is 0 Å². The molecular weight excluding hydrogens is 593 g/mol. The maximum Gasteiger partial charge on any atom is 0.303 e. The van der Waals surface area contributed by atoms with E-state index in [-0.39, 0.29) is 23.1 Å². The Balaban J connectivity index is 0.000000832. The molecule has 0 bridgehead atoms. The van der Waals surface area contributed by atoms with Gasteiger partial charge in [-0.15, -0.1) is 0 Å². The third kappa shape index (κ3) is 16.6. The third-order valence-corrected chi connectivity index (χ3v) is 7.97. The molecule has 9 N–H and O–H groups in total. The number of hydrogen-bond donors (Lipinski definition) is 9. The average molecular weight is 651 g/mol. The number of aliphatic hydroxyl groups excluding tert-OH is 8. The molecule has 0 aliphatic carbocycles. The van der Waals surface area contributed by atoms with E-state index in [0.29, 0.717) is 6.42 Å². The second-order valence-corrected chi connectivity index (χ2v) is 11.6. The number of hydrogen-bond acceptors (Lipinski definition) is 12. The van der Waals surface area contributed by atoms with Crippen LogP contribution >= 0.6 is 0 Å². The predicted octanol–water partition coefficient (Wildman–Crippen LogP) is 0.555. The lowest BCUT2D eigenvalue weighted by Crippen LogP contribution is -2.64. The van der Waals surface area contributed by atoms with Crippen LogP contribution in [0.25, 0.3) is 0 Å². The lowest BCUT2D eigenvalue weighted by atomic mass is 9.97. The van der Waals surface area contributed by atoms with Gasteiger partial charge in [0.25, 0.3) is 0 Å². The molecule has 0 spiro atoms. The van der Waals surface area contributed by atoms with Gasteiger partial charge >= 0.3 is 5.97 Å². The van der Waals surface area contributed by atoms with Gasteiger partial charge in [0, 0.05) is 29.5 Å². The van der Waals surface area contributed by atoms with Gasteiger partial charge in [0.1, 0.15) is 48.8 Å². The maximum absolute atomic E-state index is 10.3. The second kappa shape index (κ2) is 25.8. The molecule has 0 aromatic heterocycles. The predicted molar refractivity (Wildman–Crippen MR) is 162 cm³/mol. The summed E-state index contributed by atoms with van der Waals surface area (Å²) in [6, 6.07) is 0. The number of carboxylic acid groups (broad SMARTS) is 1. The molecule has 2 heterocycles. The van der Waals surface area contributed by atoms with Crippen LogP contribution in [0.3, 0.4) is 0 Å². The summed E-state index contributed by atoms with van der Waals surface area (Å²) < 4.78 is 15.3. The van der Waals surface area contributed by atoms with E-state index in [2.05, 4.69) is 6.92 Å². The Hall–Kier alpha value is -0.204. The molecular formula is C30H58MgO13. The van der Waals surface area contributed by atoms with Crippen LogP contribution in [0.1, 0.15) is 110 Å². The Labute approximate surface area is 277 Å². The quantitative estimate of drug-likeness (QED) is 0.0649. The maximum atomic E-state index is 10.3. The summed E-state index contributed by atoms with van der Waals surface area (Å²) >= 11 is 0. The number of aliphatic carboxylic acids is 1. The molecule has 13 nitrogen and oxygen atoms in total. The zero-order valence-electron chi connectivity index (χ0n) is 26.4. The summed E-state index contributed by atoms with van der Waals surface area (Å²) in [6.45, 7) is 0.925. The van der Waals surface area contributed by atoms with E-state index in [1.165, 1.54) is 83.5 Å². The number of aliphatic hydroxyl groups is 8. The number of ether oxygens (including phenoxy) is 3. The number of unbranched alkanes of at least 4 members (excludes halogenated alkanes) is 14. The van der Waals surface area contributed by atoms with Gasteiger partial charge in [-0.2, -0.15) is 0 Å². The fraction of sp³-hybridized carbons (Fsp3) is 0.967. The van der Waals surface area contributed by atoms with E-state index in [4.69, 9.17) is 24.4 Å². The largest absolute Gasteiger partial charge is 0.481 e. The van der Waals surface area contributed by atoms with Crippen LogP contribution in [0.15, 0.2) is 0 Å². The summed E-state index contributed by atoms with van der Waals surface area (Å²) in [5, 5.41) is 85.0. The average Bonchev–Trinajstić information content (AvgIpc) is 2.99. The van der Waals surface area contributed by atoms with Gasteiger partial charge in [0.2, 0.25) is 0 Å². The van der Waals surface area contributed by atoms with E-state index in [9.17, 15) is 40.5 Å². The van der Waals surface area contributed by atoms with Crippen LogP contribution < -0.4 is 0 Å². The summed E-state index contributed by atoms with van der Waals surface area (Å²) in [5.41, 5.74) is 0. The van der Waals surface area contributed by atoms with Gasteiger partial charge in [0.05, 0.1) is 13.2 Å². The van der Waals surface area contributed by atoms with Crippen molar-refractivity contribution in [3.05, 3.63) is 0 Å². The minimum absolute atomic E-state index is 0. The highest BCUT2D eigenvalue weighted by Crippen LogP contribution is 2.28. The van der Waals surface area contributed by atoms with Crippen LogP contribution in [0, 0.1) is 0 Å². The number of rotatable bonds is 20. The Morgan fingerprint density at radius 3 is 1.48 bits per heavy atom. The van der Waals surface area contributed by atoms with Crippen molar-refractivity contribution in [2.24, 2.45) is 0 Å². The smallest absolute Gasteiger partial charge is 0.303 e. The molecule has 2 saturated heterocycles. The molecule has 2 fully saturated rings. The molecule has 2 rings (SSSR count). The van der Waals surface area contributed by atoms with Gasteiger partial charge in [-0.25, -0.2) is 0 Å². The van der Waals surface area contributed by atoms with Crippen molar-refractivity contribution in [1.29, 1.82) is 0 Å². The van der Waals surface area contributed by atoms with E-state index in [1.807, 2.05) is 0 Å². The molecule has 1 unspecified atom stereocenters. The number of carboxylic acids is 1. The van der Waals surface area contributed by atoms with Crippen molar-refractivity contribution in [2.45, 2.75) is 171 Å². The molecule has 0 aromatic rings. The first kappa shape index (κ1) is 43.8. The standard InChI is InChI=1S/C18H36O2.C12H22O11.Mg/c1-2-3-4-5-6-7-8-9-10-11-12-13-14-15-16-17-18(19)20;13-1-3-5(15)6(16)9(19)12(22-3)23-10-4(2-14)21-11(20)8(18)7(10)17;/h2-17H2,1H3,(H,19,20);3-20H,1-2H2;/t;3-,4-,5+,6+,7-,8-,9-,10-,11?,12+;/m.1./s1. The summed E-state index contributed by atoms with van der Waals surface area (Å²) in [6.07, 6.45) is 4.63. The summed E-state index contributed by atoms with van der Waals surface area (Å²) in [4.78, 5) is 10.3. The van der Waals surface area contributed by atoms with Crippen molar-refractivity contribution >= 4 is 29.0 Å². The third-order valence-electron chi connectivity index (χ3n) is 7.97. The monoisotopic (exact) mass is 650 g/mol. The molecule has 2 aliphatic rings. The SMILES string of the molecule is CCCCCCCCCCCCCCCCCC(=O)O.OC[C@H]1O[C@@H](O[C@H]2[C@H](O)[C@@H](O)C(O)O[C@@H]2CO)[C@H](O)[C@@H](O)[C@H]1O.[Mg]. The van der Waals surface area contributed by atoms with Crippen molar-refractivity contribution in [3.63, 3.8) is 0 Å². The van der Waals surface area contributed by atoms with Crippen molar-refractivity contribution in [3.8, 4) is 0 Å². The molecule has 2 aliphatic heterocycles. The topological polar surface area (TPSA) is 227 Å². The van der Waals surface area contributed by atoms with Crippen molar-refractivity contribution in [1.82, 2.24) is 0 Å². The van der Waals surface area contributed by atoms with Gasteiger partial charge in [-0.05, 0) is 6.42 Å². The minimum atomic E-state index is -1.74. The zero-order valence-corrected chi connectivity index (χ0v) is 27.8. The summed E-state index contributed by atoms with van der Waals surface area (Å²) in [7, 11) is 0. The van der Waals surface area contributed by atoms with E-state index in [1.54, 1.807) is 0 Å². The molecule has 2 radical (unpaired) electrons. The first-order valence-electron chi connectivity index (χ1n) is 16.1. The first-order valence-corrected chi connectivity index (χ1v) is 16.1. The van der Waals surface area contributed by atoms with Crippen LogP contribution in [-0.4, -0.2) is 150 Å². The lowest BCUT2D eigenvalue weighted by Gasteiger charge is -2.45. The summed E-state index contributed by atoms with van der Waals surface area (Å²) in [5.74, 6) is -0.653. The van der Waals surface area contributed by atoms with Crippen molar-refractivity contribution in [2.75, 3.05) is 13.2 Å². The van der Waals surface area contributed by atoms with Gasteiger partial charge in [0.15, 0.2) is 12.6 Å². The van der Waals surface area contributed by atoms with Crippen molar-refractivity contribution < 1.29 is 65.0 Å². The fourth-order valence-electron chi connectivity index (χ4n) is 5.22. The molecule has 0 aromatic carbocycles. The fourth-order valence-corrected chi connectivity index (χ4v) is 5.22. The molecule has 0 amide bonds.